The molecule has 1 saturated heterocycles. The monoisotopic (exact) mass is 154 g/mol. The highest BCUT2D eigenvalue weighted by molar-refractivity contribution is 4.95. The van der Waals surface area contributed by atoms with Gasteiger partial charge in [-0.3, -0.25) is 0 Å². The van der Waals surface area contributed by atoms with Crippen LogP contribution >= 0.6 is 0 Å². The van der Waals surface area contributed by atoms with E-state index in [9.17, 15) is 0 Å². The van der Waals surface area contributed by atoms with Crippen LogP contribution in [0.3, 0.4) is 0 Å². The van der Waals surface area contributed by atoms with Crippen molar-refractivity contribution in [3.63, 3.8) is 0 Å². The van der Waals surface area contributed by atoms with E-state index in [-0.39, 0.29) is 5.60 Å². The van der Waals surface area contributed by atoms with Crippen molar-refractivity contribution in [3.05, 3.63) is 12.7 Å². The summed E-state index contributed by atoms with van der Waals surface area (Å²) in [4.78, 5) is 0. The Kier molecular flexibility index (Phi) is 2.38. The van der Waals surface area contributed by atoms with E-state index < -0.39 is 0 Å². The maximum atomic E-state index is 5.46. The predicted molar refractivity (Wildman–Crippen MR) is 47.5 cm³/mol. The lowest BCUT2D eigenvalue weighted by Gasteiger charge is -2.02. The molecule has 1 heterocycles. The Morgan fingerprint density at radius 1 is 1.64 bits per heavy atom. The molecule has 0 aromatic rings. The third-order valence-electron chi connectivity index (χ3n) is 2.45. The van der Waals surface area contributed by atoms with Gasteiger partial charge < -0.3 is 4.74 Å². The van der Waals surface area contributed by atoms with Crippen molar-refractivity contribution in [2.45, 2.75) is 45.3 Å². The van der Waals surface area contributed by atoms with Gasteiger partial charge in [-0.05, 0) is 32.6 Å². The zero-order valence-electron chi connectivity index (χ0n) is 7.76. The Labute approximate surface area is 69.4 Å². The zero-order chi connectivity index (χ0) is 8.48. The molecule has 0 bridgehead atoms. The number of hydrogen-bond acceptors (Lipinski definition) is 1. The number of allylic oxidation sites excluding steroid dienone is 1. The first-order chi connectivity index (χ1) is 5.06. The summed E-state index contributed by atoms with van der Waals surface area (Å²) in [5.41, 5.74) is 0.168. The summed E-state index contributed by atoms with van der Waals surface area (Å²) in [6, 6.07) is 0. The molecule has 0 amide bonds. The number of hydrogen-bond donors (Lipinski definition) is 0. The molecule has 0 saturated carbocycles. The van der Waals surface area contributed by atoms with E-state index >= 15 is 0 Å². The summed E-state index contributed by atoms with van der Waals surface area (Å²) in [6.07, 6.45) is 4.90. The van der Waals surface area contributed by atoms with Gasteiger partial charge in [-0.25, -0.2) is 0 Å². The number of ether oxygens (including phenoxy) is 1. The van der Waals surface area contributed by atoms with Crippen LogP contribution in [0.15, 0.2) is 12.7 Å². The molecule has 0 aromatic heterocycles. The van der Waals surface area contributed by atoms with E-state index in [1.807, 2.05) is 6.08 Å². The minimum absolute atomic E-state index is 0.168. The molecule has 1 nitrogen and oxygen atoms in total. The highest BCUT2D eigenvalue weighted by Crippen LogP contribution is 2.38. The molecular formula is C10H18O. The first kappa shape index (κ1) is 8.79. The molecule has 1 heteroatoms. The number of epoxide rings is 1. The van der Waals surface area contributed by atoms with Crippen molar-refractivity contribution in [2.75, 3.05) is 0 Å². The molecule has 1 aliphatic rings. The summed E-state index contributed by atoms with van der Waals surface area (Å²) < 4.78 is 5.46. The lowest BCUT2D eigenvalue weighted by Crippen LogP contribution is -2.04. The molecule has 0 spiro atoms. The first-order valence-electron chi connectivity index (χ1n) is 4.36. The van der Waals surface area contributed by atoms with Gasteiger partial charge in [0.2, 0.25) is 0 Å². The molecule has 1 rings (SSSR count). The second-order valence-corrected chi connectivity index (χ2v) is 4.00. The third kappa shape index (κ3) is 2.33. The van der Waals surface area contributed by atoms with Crippen molar-refractivity contribution >= 4 is 0 Å². The lowest BCUT2D eigenvalue weighted by atomic mass is 10.00. The fraction of sp³-hybridized carbons (Fsp3) is 0.800. The van der Waals surface area contributed by atoms with Gasteiger partial charge in [0, 0.05) is 0 Å². The molecule has 0 aliphatic carbocycles. The lowest BCUT2D eigenvalue weighted by molar-refractivity contribution is 0.316. The van der Waals surface area contributed by atoms with E-state index in [0.717, 1.165) is 0 Å². The first-order valence-corrected chi connectivity index (χ1v) is 4.36. The van der Waals surface area contributed by atoms with Crippen molar-refractivity contribution in [1.29, 1.82) is 0 Å². The van der Waals surface area contributed by atoms with Crippen LogP contribution in [0.2, 0.25) is 0 Å². The molecule has 0 N–H and O–H groups in total. The van der Waals surface area contributed by atoms with Gasteiger partial charge in [0.1, 0.15) is 0 Å². The van der Waals surface area contributed by atoms with Crippen LogP contribution in [-0.4, -0.2) is 11.7 Å². The summed E-state index contributed by atoms with van der Waals surface area (Å²) in [5.74, 6) is 0.634. The van der Waals surface area contributed by atoms with Gasteiger partial charge in [-0.1, -0.05) is 13.0 Å². The van der Waals surface area contributed by atoms with E-state index in [1.54, 1.807) is 0 Å². The fourth-order valence-corrected chi connectivity index (χ4v) is 1.27. The Bertz CT molecular complexity index is 149. The molecule has 1 fully saturated rings. The minimum atomic E-state index is 0.168. The van der Waals surface area contributed by atoms with Gasteiger partial charge >= 0.3 is 0 Å². The van der Waals surface area contributed by atoms with E-state index in [0.29, 0.717) is 12.0 Å². The molecule has 0 radical (unpaired) electrons. The van der Waals surface area contributed by atoms with Crippen LogP contribution in [0.4, 0.5) is 0 Å². The van der Waals surface area contributed by atoms with Gasteiger partial charge in [0.05, 0.1) is 11.7 Å². The van der Waals surface area contributed by atoms with Crippen molar-refractivity contribution in [3.8, 4) is 0 Å². The molecule has 1 unspecified atom stereocenters. The average Bonchev–Trinajstić information content (AvgIpc) is 2.54. The van der Waals surface area contributed by atoms with Gasteiger partial charge in [-0.2, -0.15) is 0 Å². The van der Waals surface area contributed by atoms with Gasteiger partial charge in [0.15, 0.2) is 0 Å². The molecule has 0 aromatic carbocycles. The Morgan fingerprint density at radius 3 is 2.55 bits per heavy atom. The average molecular weight is 154 g/mol. The molecule has 11 heavy (non-hydrogen) atoms. The summed E-state index contributed by atoms with van der Waals surface area (Å²) in [6.45, 7) is 10.2. The standard InChI is InChI=1S/C10H18O/c1-5-8(2)6-7-9-10(3,4)11-9/h5,8-9H,1,6-7H2,2-4H3/t8-,9?/m0/s1. The van der Waals surface area contributed by atoms with Gasteiger partial charge in [-0.15, -0.1) is 6.58 Å². The van der Waals surface area contributed by atoms with Gasteiger partial charge in [0.25, 0.3) is 0 Å². The Hall–Kier alpha value is -0.300. The zero-order valence-corrected chi connectivity index (χ0v) is 7.76. The van der Waals surface area contributed by atoms with Crippen LogP contribution in [0.1, 0.15) is 33.6 Å². The van der Waals surface area contributed by atoms with Crippen LogP contribution in [0.25, 0.3) is 0 Å². The Balaban J connectivity index is 2.10. The van der Waals surface area contributed by atoms with Crippen LogP contribution < -0.4 is 0 Å². The van der Waals surface area contributed by atoms with E-state index in [2.05, 4.69) is 27.4 Å². The molecule has 2 atom stereocenters. The molecular weight excluding hydrogens is 136 g/mol. The van der Waals surface area contributed by atoms with Crippen molar-refractivity contribution < 1.29 is 4.74 Å². The quantitative estimate of drug-likeness (QED) is 0.448. The summed E-state index contributed by atoms with van der Waals surface area (Å²) in [5, 5.41) is 0. The fourth-order valence-electron chi connectivity index (χ4n) is 1.27. The maximum absolute atomic E-state index is 5.46. The third-order valence-corrected chi connectivity index (χ3v) is 2.45. The van der Waals surface area contributed by atoms with Crippen LogP contribution in [0.5, 0.6) is 0 Å². The SMILES string of the molecule is C=C[C@H](C)CCC1OC1(C)C. The maximum Gasteiger partial charge on any atom is 0.0892 e. The largest absolute Gasteiger partial charge is 0.367 e. The minimum Gasteiger partial charge on any atom is -0.367 e. The van der Waals surface area contributed by atoms with Crippen molar-refractivity contribution in [2.24, 2.45) is 5.92 Å². The summed E-state index contributed by atoms with van der Waals surface area (Å²) >= 11 is 0. The smallest absolute Gasteiger partial charge is 0.0892 e. The van der Waals surface area contributed by atoms with Crippen LogP contribution in [-0.2, 0) is 4.74 Å². The normalized spacial score (nSPS) is 29.5. The second kappa shape index (κ2) is 2.98. The predicted octanol–water partition coefficient (Wildman–Crippen LogP) is 2.77. The molecule has 1 aliphatic heterocycles. The van der Waals surface area contributed by atoms with E-state index in [1.165, 1.54) is 12.8 Å². The van der Waals surface area contributed by atoms with E-state index in [4.69, 9.17) is 4.74 Å². The summed E-state index contributed by atoms with van der Waals surface area (Å²) in [7, 11) is 0. The molecule has 64 valence electrons. The highest BCUT2D eigenvalue weighted by atomic mass is 16.6. The van der Waals surface area contributed by atoms with Crippen molar-refractivity contribution in [1.82, 2.24) is 0 Å². The Morgan fingerprint density at radius 2 is 2.18 bits per heavy atom. The highest BCUT2D eigenvalue weighted by Gasteiger charge is 2.46. The number of rotatable bonds is 4. The second-order valence-electron chi connectivity index (χ2n) is 4.00. The van der Waals surface area contributed by atoms with Crippen LogP contribution in [0, 0.1) is 5.92 Å². The topological polar surface area (TPSA) is 12.5 Å².